The first-order chi connectivity index (χ1) is 26.7. The molecular weight excluding hydrogens is 689 g/mol. The monoisotopic (exact) mass is 738 g/mol. The van der Waals surface area contributed by atoms with E-state index in [0.29, 0.717) is 67.0 Å². The molecular formula is C47H50N2O6. The fraction of sp³-hybridized carbons (Fsp3) is 0.319. The Balaban J connectivity index is 1.15. The number of rotatable bonds is 20. The van der Waals surface area contributed by atoms with E-state index < -0.39 is 0 Å². The normalized spacial score (nSPS) is 12.5. The molecule has 0 bridgehead atoms. The Morgan fingerprint density at radius 2 is 0.891 bits per heavy atom. The Labute approximate surface area is 325 Å². The van der Waals surface area contributed by atoms with Crippen molar-refractivity contribution in [3.8, 4) is 35.1 Å². The van der Waals surface area contributed by atoms with Crippen molar-refractivity contribution in [3.05, 3.63) is 119 Å². The van der Waals surface area contributed by atoms with Crippen LogP contribution in [0, 0.1) is 34.5 Å². The number of carbonyl (C=O) groups excluding carboxylic acids is 2. The summed E-state index contributed by atoms with van der Waals surface area (Å²) in [6.45, 7) is 9.86. The van der Waals surface area contributed by atoms with Gasteiger partial charge >= 0.3 is 11.9 Å². The molecule has 4 aromatic carbocycles. The predicted molar refractivity (Wildman–Crippen MR) is 217 cm³/mol. The second-order valence-electron chi connectivity index (χ2n) is 13.7. The number of hydrogen-bond donors (Lipinski definition) is 0. The lowest BCUT2D eigenvalue weighted by molar-refractivity contribution is -0.134. The molecule has 0 N–H and O–H groups in total. The third kappa shape index (κ3) is 14.3. The summed E-state index contributed by atoms with van der Waals surface area (Å²) in [5.74, 6) is 2.65. The molecule has 4 aromatic rings. The summed E-state index contributed by atoms with van der Waals surface area (Å²) in [5, 5.41) is 19.5. The first-order valence-corrected chi connectivity index (χ1v) is 19.0. The highest BCUT2D eigenvalue weighted by Gasteiger charge is 2.10. The van der Waals surface area contributed by atoms with E-state index in [4.69, 9.17) is 18.9 Å². The Morgan fingerprint density at radius 1 is 0.545 bits per heavy atom. The maximum atomic E-state index is 12.4. The van der Waals surface area contributed by atoms with Gasteiger partial charge in [0.25, 0.3) is 0 Å². The Morgan fingerprint density at radius 3 is 1.22 bits per heavy atom. The molecule has 0 fully saturated rings. The zero-order valence-corrected chi connectivity index (χ0v) is 32.3. The largest absolute Gasteiger partial charge is 0.493 e. The van der Waals surface area contributed by atoms with Crippen LogP contribution in [0.1, 0.15) is 94.9 Å². The van der Waals surface area contributed by atoms with Crippen molar-refractivity contribution in [2.45, 2.75) is 72.6 Å². The van der Waals surface area contributed by atoms with Crippen molar-refractivity contribution >= 4 is 35.2 Å². The molecule has 0 saturated heterocycles. The number of benzene rings is 4. The number of hydrogen-bond acceptors (Lipinski definition) is 8. The van der Waals surface area contributed by atoms with Crippen LogP contribution in [0.15, 0.2) is 97.1 Å². The van der Waals surface area contributed by atoms with E-state index in [1.807, 2.05) is 48.5 Å². The van der Waals surface area contributed by atoms with Gasteiger partial charge in [0.2, 0.25) is 0 Å². The highest BCUT2D eigenvalue weighted by Crippen LogP contribution is 2.25. The molecule has 0 heterocycles. The number of nitriles is 2. The molecule has 4 rings (SSSR count). The van der Waals surface area contributed by atoms with Gasteiger partial charge in [0, 0.05) is 12.8 Å². The van der Waals surface area contributed by atoms with Crippen LogP contribution in [0.2, 0.25) is 0 Å². The zero-order valence-electron chi connectivity index (χ0n) is 32.3. The van der Waals surface area contributed by atoms with Crippen molar-refractivity contribution in [3.63, 3.8) is 0 Å². The van der Waals surface area contributed by atoms with Gasteiger partial charge < -0.3 is 18.9 Å². The molecule has 0 radical (unpaired) electrons. The van der Waals surface area contributed by atoms with E-state index in [1.165, 1.54) is 0 Å². The lowest BCUT2D eigenvalue weighted by Crippen LogP contribution is -2.09. The van der Waals surface area contributed by atoms with Gasteiger partial charge in [0.1, 0.15) is 23.0 Å². The molecule has 0 aromatic heterocycles. The lowest BCUT2D eigenvalue weighted by atomic mass is 10.0. The van der Waals surface area contributed by atoms with Crippen LogP contribution in [-0.2, 0) is 9.59 Å². The predicted octanol–water partition coefficient (Wildman–Crippen LogP) is 11.1. The standard InChI is InChI=1S/C47H50N2O6/c1-5-34(3)32-52-42-24-16-38(17-25-42)40(30-48)28-36-12-20-44(21-13-36)54-46(50)10-8-7-9-11-47(51)55-45-22-14-37(15-23-45)29-41(31-49)39-18-26-43(27-19-39)53-33-35(4)6-2/h12-29,34-35H,5-11,32-33H2,1-4H3/b40-28-,41-29+. The summed E-state index contributed by atoms with van der Waals surface area (Å²) in [6.07, 6.45) is 7.96. The first kappa shape index (κ1) is 41.6. The van der Waals surface area contributed by atoms with Crippen molar-refractivity contribution < 1.29 is 28.5 Å². The number of unbranched alkanes of at least 4 members (excludes halogenated alkanes) is 2. The summed E-state index contributed by atoms with van der Waals surface area (Å²) in [7, 11) is 0. The summed E-state index contributed by atoms with van der Waals surface area (Å²) < 4.78 is 22.6. The number of nitrogens with zero attached hydrogens (tertiary/aromatic N) is 2. The van der Waals surface area contributed by atoms with Crippen molar-refractivity contribution in [1.82, 2.24) is 0 Å². The minimum absolute atomic E-state index is 0.224. The Kier molecular flexibility index (Phi) is 16.8. The maximum absolute atomic E-state index is 12.4. The molecule has 8 heteroatoms. The fourth-order valence-electron chi connectivity index (χ4n) is 5.21. The van der Waals surface area contributed by atoms with Crippen molar-refractivity contribution in [2.75, 3.05) is 13.2 Å². The molecule has 0 aliphatic heterocycles. The van der Waals surface area contributed by atoms with Gasteiger partial charge in [0.05, 0.1) is 36.5 Å². The minimum Gasteiger partial charge on any atom is -0.493 e. The minimum atomic E-state index is -0.351. The molecule has 8 nitrogen and oxygen atoms in total. The van der Waals surface area contributed by atoms with E-state index in [1.54, 1.807) is 60.7 Å². The zero-order chi connectivity index (χ0) is 39.4. The number of carbonyl (C=O) groups is 2. The van der Waals surface area contributed by atoms with Crippen LogP contribution in [-0.4, -0.2) is 25.2 Å². The van der Waals surface area contributed by atoms with E-state index in [9.17, 15) is 20.1 Å². The topological polar surface area (TPSA) is 119 Å². The van der Waals surface area contributed by atoms with Crippen molar-refractivity contribution in [1.29, 1.82) is 10.5 Å². The molecule has 0 saturated carbocycles. The SMILES string of the molecule is CCC(C)COc1ccc(/C(C#N)=C/c2ccc(OC(=O)CCCCCC(=O)Oc3ccc(/C=C(/C#N)c4ccc(OCC(C)CC)cc4)cc3)cc2)cc1. The van der Waals surface area contributed by atoms with E-state index in [0.717, 1.165) is 46.6 Å². The van der Waals surface area contributed by atoms with Gasteiger partial charge in [-0.1, -0.05) is 71.2 Å². The van der Waals surface area contributed by atoms with Gasteiger partial charge in [-0.05, 0) is 132 Å². The maximum Gasteiger partial charge on any atom is 0.311 e. The van der Waals surface area contributed by atoms with Gasteiger partial charge in [-0.3, -0.25) is 9.59 Å². The van der Waals surface area contributed by atoms with E-state index in [2.05, 4.69) is 39.8 Å². The third-order valence-electron chi connectivity index (χ3n) is 9.14. The quantitative estimate of drug-likeness (QED) is 0.0289. The molecule has 55 heavy (non-hydrogen) atoms. The molecule has 2 unspecified atom stereocenters. The Bertz CT molecular complexity index is 1820. The van der Waals surface area contributed by atoms with Crippen LogP contribution in [0.25, 0.3) is 23.3 Å². The van der Waals surface area contributed by atoms with Crippen LogP contribution in [0.5, 0.6) is 23.0 Å². The second kappa shape index (κ2) is 22.2. The summed E-state index contributed by atoms with van der Waals surface area (Å²) in [4.78, 5) is 24.9. The van der Waals surface area contributed by atoms with Crippen molar-refractivity contribution in [2.24, 2.45) is 11.8 Å². The number of esters is 2. The Hall–Kier alpha value is -6.12. The molecule has 0 amide bonds. The average molecular weight is 739 g/mol. The summed E-state index contributed by atoms with van der Waals surface area (Å²) >= 11 is 0. The summed E-state index contributed by atoms with van der Waals surface area (Å²) in [6, 6.07) is 33.5. The smallest absolute Gasteiger partial charge is 0.311 e. The van der Waals surface area contributed by atoms with E-state index >= 15 is 0 Å². The van der Waals surface area contributed by atoms with Crippen LogP contribution < -0.4 is 18.9 Å². The van der Waals surface area contributed by atoms with Crippen LogP contribution >= 0.6 is 0 Å². The molecule has 0 aliphatic carbocycles. The van der Waals surface area contributed by atoms with Gasteiger partial charge in [-0.15, -0.1) is 0 Å². The third-order valence-corrected chi connectivity index (χ3v) is 9.14. The van der Waals surface area contributed by atoms with Gasteiger partial charge in [-0.25, -0.2) is 0 Å². The van der Waals surface area contributed by atoms with Crippen LogP contribution in [0.3, 0.4) is 0 Å². The highest BCUT2D eigenvalue weighted by molar-refractivity contribution is 5.90. The highest BCUT2D eigenvalue weighted by atomic mass is 16.5. The summed E-state index contributed by atoms with van der Waals surface area (Å²) in [5.41, 5.74) is 4.22. The second-order valence-corrected chi connectivity index (χ2v) is 13.7. The van der Waals surface area contributed by atoms with E-state index in [-0.39, 0.29) is 24.8 Å². The average Bonchev–Trinajstić information content (AvgIpc) is 3.21. The fourth-order valence-corrected chi connectivity index (χ4v) is 5.21. The van der Waals surface area contributed by atoms with Gasteiger partial charge in [0.15, 0.2) is 0 Å². The molecule has 2 atom stereocenters. The molecule has 0 spiro atoms. The van der Waals surface area contributed by atoms with Gasteiger partial charge in [-0.2, -0.15) is 10.5 Å². The number of ether oxygens (including phenoxy) is 4. The lowest BCUT2D eigenvalue weighted by Gasteiger charge is -2.11. The van der Waals surface area contributed by atoms with Crippen LogP contribution in [0.4, 0.5) is 0 Å². The molecule has 0 aliphatic rings. The molecule has 284 valence electrons. The number of allylic oxidation sites excluding steroid dienone is 2. The first-order valence-electron chi connectivity index (χ1n) is 19.0.